The van der Waals surface area contributed by atoms with Crippen molar-refractivity contribution < 1.29 is 26.0 Å². The number of hydrogen-bond acceptors (Lipinski definition) is 5. The Kier molecular flexibility index (Phi) is 8.24. The number of rotatable bonds is 9. The molecule has 8 nitrogen and oxygen atoms in total. The third-order valence-corrected chi connectivity index (χ3v) is 9.05. The molecule has 0 saturated carbocycles. The maximum Gasteiger partial charge on any atom is 0.264 e. The van der Waals surface area contributed by atoms with Crippen LogP contribution in [0.2, 0.25) is 5.02 Å². The first kappa shape index (κ1) is 28.1. The molecule has 0 radical (unpaired) electrons. The Morgan fingerprint density at radius 3 is 1.97 bits per heavy atom. The van der Waals surface area contributed by atoms with Crippen LogP contribution in [0.4, 0.5) is 21.5 Å². The highest BCUT2D eigenvalue weighted by atomic mass is 35.5. The monoisotopic (exact) mass is 587 g/mol. The summed E-state index contributed by atoms with van der Waals surface area (Å²) in [5.74, 6) is -1.18. The molecule has 0 bridgehead atoms. The van der Waals surface area contributed by atoms with Crippen molar-refractivity contribution >= 4 is 54.6 Å². The lowest BCUT2D eigenvalue weighted by molar-refractivity contribution is -0.114. The van der Waals surface area contributed by atoms with Crippen molar-refractivity contribution in [1.29, 1.82) is 0 Å². The number of nitrogens with one attached hydrogen (secondary N) is 2. The van der Waals surface area contributed by atoms with E-state index in [0.29, 0.717) is 0 Å². The van der Waals surface area contributed by atoms with Crippen LogP contribution in [-0.4, -0.2) is 29.3 Å². The summed E-state index contributed by atoms with van der Waals surface area (Å²) in [5, 5.41) is 2.73. The summed E-state index contributed by atoms with van der Waals surface area (Å²) < 4.78 is 68.6. The highest BCUT2D eigenvalue weighted by molar-refractivity contribution is 7.93. The summed E-state index contributed by atoms with van der Waals surface area (Å²) in [6.45, 7) is 1.23. The zero-order valence-corrected chi connectivity index (χ0v) is 22.9. The molecule has 39 heavy (non-hydrogen) atoms. The molecule has 0 aliphatic rings. The molecule has 0 spiro atoms. The van der Waals surface area contributed by atoms with Crippen molar-refractivity contribution in [3.05, 3.63) is 113 Å². The quantitative estimate of drug-likeness (QED) is 0.271. The Labute approximate surface area is 231 Å². The van der Waals surface area contributed by atoms with Gasteiger partial charge in [0.25, 0.3) is 20.0 Å². The first-order valence-corrected chi connectivity index (χ1v) is 14.8. The number of para-hydroxylation sites is 1. The average molecular weight is 588 g/mol. The zero-order valence-electron chi connectivity index (χ0n) is 20.5. The normalized spacial score (nSPS) is 11.6. The Morgan fingerprint density at radius 1 is 0.795 bits per heavy atom. The lowest BCUT2D eigenvalue weighted by Crippen LogP contribution is -2.38. The maximum atomic E-state index is 13.5. The van der Waals surface area contributed by atoms with E-state index in [1.165, 1.54) is 60.7 Å². The number of anilines is 3. The SMILES string of the molecule is Cc1ccc(S(=O)(=O)N(CC(=O)Nc2ccc(S(=O)(=O)Nc3ccc(F)cc3)cc2)c2ccccc2Cl)cc1. The van der Waals surface area contributed by atoms with E-state index < -0.39 is 38.3 Å². The number of hydrogen-bond donors (Lipinski definition) is 2. The highest BCUT2D eigenvalue weighted by Gasteiger charge is 2.28. The molecule has 202 valence electrons. The molecule has 0 heterocycles. The van der Waals surface area contributed by atoms with Crippen LogP contribution in [0.5, 0.6) is 0 Å². The second-order valence-corrected chi connectivity index (χ2v) is 12.4. The molecule has 2 N–H and O–H groups in total. The van der Waals surface area contributed by atoms with E-state index in [1.54, 1.807) is 24.3 Å². The van der Waals surface area contributed by atoms with Gasteiger partial charge in [-0.3, -0.25) is 13.8 Å². The van der Waals surface area contributed by atoms with Crippen LogP contribution in [0, 0.1) is 12.7 Å². The number of aryl methyl sites for hydroxylation is 1. The molecule has 4 aromatic carbocycles. The molecule has 0 aliphatic heterocycles. The summed E-state index contributed by atoms with van der Waals surface area (Å²) in [6, 6.07) is 22.6. The minimum Gasteiger partial charge on any atom is -0.325 e. The van der Waals surface area contributed by atoms with Gasteiger partial charge in [0, 0.05) is 11.4 Å². The maximum absolute atomic E-state index is 13.5. The summed E-state index contributed by atoms with van der Waals surface area (Å²) in [4.78, 5) is 12.9. The first-order valence-electron chi connectivity index (χ1n) is 11.5. The number of carbonyl (C=O) groups is 1. The van der Waals surface area contributed by atoms with Crippen LogP contribution in [0.1, 0.15) is 5.56 Å². The lowest BCUT2D eigenvalue weighted by Gasteiger charge is -2.25. The third-order valence-electron chi connectivity index (χ3n) is 5.56. The van der Waals surface area contributed by atoms with E-state index in [2.05, 4.69) is 10.0 Å². The van der Waals surface area contributed by atoms with Crippen LogP contribution in [0.25, 0.3) is 0 Å². The van der Waals surface area contributed by atoms with Gasteiger partial charge in [-0.2, -0.15) is 0 Å². The van der Waals surface area contributed by atoms with Crippen molar-refractivity contribution in [2.75, 3.05) is 20.9 Å². The van der Waals surface area contributed by atoms with Gasteiger partial charge in [0.15, 0.2) is 0 Å². The Balaban J connectivity index is 1.53. The van der Waals surface area contributed by atoms with Gasteiger partial charge in [0.2, 0.25) is 5.91 Å². The molecule has 4 rings (SSSR count). The predicted molar refractivity (Wildman–Crippen MR) is 149 cm³/mol. The Morgan fingerprint density at radius 2 is 1.36 bits per heavy atom. The standard InChI is InChI=1S/C27H23ClFN3O5S2/c1-19-6-14-24(15-7-19)39(36,37)32(26-5-3-2-4-25(26)28)18-27(33)30-21-12-16-23(17-13-21)38(34,35)31-22-10-8-20(29)9-11-22/h2-17,31H,18H2,1H3,(H,30,33). The second kappa shape index (κ2) is 11.4. The molecule has 0 aliphatic carbocycles. The molecule has 4 aromatic rings. The molecule has 1 amide bonds. The Hall–Kier alpha value is -3.93. The van der Waals surface area contributed by atoms with Crippen molar-refractivity contribution in [3.63, 3.8) is 0 Å². The van der Waals surface area contributed by atoms with Crippen LogP contribution in [0.3, 0.4) is 0 Å². The van der Waals surface area contributed by atoms with E-state index in [-0.39, 0.29) is 31.9 Å². The van der Waals surface area contributed by atoms with Crippen molar-refractivity contribution in [2.45, 2.75) is 16.7 Å². The molecule has 0 saturated heterocycles. The van der Waals surface area contributed by atoms with Gasteiger partial charge in [-0.15, -0.1) is 0 Å². The lowest BCUT2D eigenvalue weighted by atomic mass is 10.2. The molecule has 12 heteroatoms. The van der Waals surface area contributed by atoms with Crippen LogP contribution < -0.4 is 14.3 Å². The van der Waals surface area contributed by atoms with Gasteiger partial charge in [-0.1, -0.05) is 41.4 Å². The number of halogens is 2. The largest absolute Gasteiger partial charge is 0.325 e. The van der Waals surface area contributed by atoms with Crippen molar-refractivity contribution in [1.82, 2.24) is 0 Å². The fraction of sp³-hybridized carbons (Fsp3) is 0.0741. The molecular weight excluding hydrogens is 565 g/mol. The van der Waals surface area contributed by atoms with Crippen LogP contribution in [-0.2, 0) is 24.8 Å². The van der Waals surface area contributed by atoms with Crippen LogP contribution in [0.15, 0.2) is 107 Å². The number of carbonyl (C=O) groups excluding carboxylic acids is 1. The molecular formula is C27H23ClFN3O5S2. The van der Waals surface area contributed by atoms with E-state index >= 15 is 0 Å². The van der Waals surface area contributed by atoms with Gasteiger partial charge < -0.3 is 5.32 Å². The smallest absolute Gasteiger partial charge is 0.264 e. The average Bonchev–Trinajstić information content (AvgIpc) is 2.89. The van der Waals surface area contributed by atoms with E-state index in [1.807, 2.05) is 6.92 Å². The summed E-state index contributed by atoms with van der Waals surface area (Å²) in [7, 11) is -8.13. The predicted octanol–water partition coefficient (Wildman–Crippen LogP) is 5.42. The Bertz CT molecular complexity index is 1700. The van der Waals surface area contributed by atoms with Gasteiger partial charge >= 0.3 is 0 Å². The number of nitrogens with zero attached hydrogens (tertiary/aromatic N) is 1. The van der Waals surface area contributed by atoms with Crippen LogP contribution >= 0.6 is 11.6 Å². The number of sulfonamides is 2. The van der Waals surface area contributed by atoms with Gasteiger partial charge in [0.1, 0.15) is 12.4 Å². The minimum absolute atomic E-state index is 0.0102. The fourth-order valence-electron chi connectivity index (χ4n) is 3.57. The molecule has 0 atom stereocenters. The minimum atomic E-state index is -4.16. The van der Waals surface area contributed by atoms with E-state index in [4.69, 9.17) is 11.6 Å². The highest BCUT2D eigenvalue weighted by Crippen LogP contribution is 2.30. The zero-order chi connectivity index (χ0) is 28.2. The number of benzene rings is 4. The first-order chi connectivity index (χ1) is 18.5. The molecule has 0 aromatic heterocycles. The number of amides is 1. The topological polar surface area (TPSA) is 113 Å². The fourth-order valence-corrected chi connectivity index (χ4v) is 6.36. The summed E-state index contributed by atoms with van der Waals surface area (Å²) >= 11 is 6.29. The van der Waals surface area contributed by atoms with Gasteiger partial charge in [-0.05, 0) is 79.7 Å². The summed E-state index contributed by atoms with van der Waals surface area (Å²) in [5.41, 5.74) is 1.42. The van der Waals surface area contributed by atoms with E-state index in [0.717, 1.165) is 22.0 Å². The van der Waals surface area contributed by atoms with Crippen molar-refractivity contribution in [3.8, 4) is 0 Å². The van der Waals surface area contributed by atoms with Crippen molar-refractivity contribution in [2.24, 2.45) is 0 Å². The van der Waals surface area contributed by atoms with Gasteiger partial charge in [-0.25, -0.2) is 21.2 Å². The molecule has 0 fully saturated rings. The van der Waals surface area contributed by atoms with Gasteiger partial charge in [0.05, 0.1) is 20.5 Å². The van der Waals surface area contributed by atoms with E-state index in [9.17, 15) is 26.0 Å². The second-order valence-electron chi connectivity index (χ2n) is 8.46. The molecule has 0 unspecified atom stereocenters. The third kappa shape index (κ3) is 6.75. The summed E-state index contributed by atoms with van der Waals surface area (Å²) in [6.07, 6.45) is 0.